The molecule has 2 atom stereocenters. The molecule has 2 aromatic rings. The van der Waals surface area contributed by atoms with Crippen LogP contribution in [-0.4, -0.2) is 24.0 Å². The topological polar surface area (TPSA) is 29.3 Å². The quantitative estimate of drug-likeness (QED) is 0.926. The summed E-state index contributed by atoms with van der Waals surface area (Å²) < 4.78 is 0. The molecular weight excluding hydrogens is 268 g/mol. The molecule has 0 aromatic heterocycles. The Balaban J connectivity index is 1.64. The van der Waals surface area contributed by atoms with Gasteiger partial charge in [-0.1, -0.05) is 54.6 Å². The number of nitrogens with two attached hydrogens (primary N) is 1. The first-order valence-electron chi connectivity index (χ1n) is 8.34. The van der Waals surface area contributed by atoms with Gasteiger partial charge in [0.25, 0.3) is 0 Å². The van der Waals surface area contributed by atoms with Crippen molar-refractivity contribution in [3.8, 4) is 11.1 Å². The first-order chi connectivity index (χ1) is 10.7. The smallest absolute Gasteiger partial charge is 0.0233 e. The predicted molar refractivity (Wildman–Crippen MR) is 93.5 cm³/mol. The summed E-state index contributed by atoms with van der Waals surface area (Å²) in [5.74, 6) is 0.650. The summed E-state index contributed by atoms with van der Waals surface area (Å²) in [7, 11) is 0. The van der Waals surface area contributed by atoms with Crippen LogP contribution >= 0.6 is 0 Å². The summed E-state index contributed by atoms with van der Waals surface area (Å²) in [5.41, 5.74) is 10.0. The van der Waals surface area contributed by atoms with Crippen LogP contribution in [0.2, 0.25) is 0 Å². The Morgan fingerprint density at radius 3 is 2.41 bits per heavy atom. The lowest BCUT2D eigenvalue weighted by Gasteiger charge is -2.34. The van der Waals surface area contributed by atoms with Crippen molar-refractivity contribution in [3.05, 3.63) is 60.2 Å². The number of piperidine rings is 1. The average molecular weight is 294 g/mol. The minimum Gasteiger partial charge on any atom is -0.328 e. The van der Waals surface area contributed by atoms with Gasteiger partial charge in [0.15, 0.2) is 0 Å². The third kappa shape index (κ3) is 3.76. The highest BCUT2D eigenvalue weighted by molar-refractivity contribution is 5.63. The normalized spacial score (nSPS) is 20.7. The Kier molecular flexibility index (Phi) is 4.91. The Bertz CT molecular complexity index is 574. The first-order valence-corrected chi connectivity index (χ1v) is 8.34. The highest BCUT2D eigenvalue weighted by Crippen LogP contribution is 2.22. The molecular formula is C20H26N2. The van der Waals surface area contributed by atoms with E-state index in [4.69, 9.17) is 5.73 Å². The minimum atomic E-state index is 0.309. The van der Waals surface area contributed by atoms with Gasteiger partial charge in [-0.25, -0.2) is 0 Å². The summed E-state index contributed by atoms with van der Waals surface area (Å²) in [5, 5.41) is 0. The second kappa shape index (κ2) is 7.08. The zero-order valence-corrected chi connectivity index (χ0v) is 13.4. The van der Waals surface area contributed by atoms with Gasteiger partial charge in [-0.15, -0.1) is 0 Å². The predicted octanol–water partition coefficient (Wildman–Crippen LogP) is 3.91. The van der Waals surface area contributed by atoms with E-state index in [0.717, 1.165) is 13.1 Å². The second-order valence-electron chi connectivity index (χ2n) is 6.56. The summed E-state index contributed by atoms with van der Waals surface area (Å²) in [6, 6.07) is 19.9. The minimum absolute atomic E-state index is 0.309. The van der Waals surface area contributed by atoms with Crippen molar-refractivity contribution < 1.29 is 0 Å². The molecule has 2 aromatic carbocycles. The molecule has 2 heteroatoms. The van der Waals surface area contributed by atoms with E-state index in [1.54, 1.807) is 0 Å². The summed E-state index contributed by atoms with van der Waals surface area (Å²) >= 11 is 0. The molecule has 1 saturated heterocycles. The molecule has 1 fully saturated rings. The van der Waals surface area contributed by atoms with Crippen LogP contribution in [0.3, 0.4) is 0 Å². The molecule has 1 aliphatic heterocycles. The zero-order valence-electron chi connectivity index (χ0n) is 13.4. The fourth-order valence-electron chi connectivity index (χ4n) is 3.36. The van der Waals surface area contributed by atoms with Crippen molar-refractivity contribution in [2.24, 2.45) is 11.7 Å². The van der Waals surface area contributed by atoms with Gasteiger partial charge >= 0.3 is 0 Å². The summed E-state index contributed by atoms with van der Waals surface area (Å²) in [4.78, 5) is 2.55. The Morgan fingerprint density at radius 1 is 1.05 bits per heavy atom. The summed E-state index contributed by atoms with van der Waals surface area (Å²) in [6.45, 7) is 5.52. The Hall–Kier alpha value is -1.64. The maximum atomic E-state index is 6.08. The molecule has 2 N–H and O–H groups in total. The lowest BCUT2D eigenvalue weighted by Crippen LogP contribution is -2.41. The molecule has 22 heavy (non-hydrogen) atoms. The van der Waals surface area contributed by atoms with E-state index in [2.05, 4.69) is 66.4 Å². The highest BCUT2D eigenvalue weighted by atomic mass is 15.1. The van der Waals surface area contributed by atoms with Gasteiger partial charge in [-0.05, 0) is 48.9 Å². The van der Waals surface area contributed by atoms with Crippen molar-refractivity contribution in [3.63, 3.8) is 0 Å². The van der Waals surface area contributed by atoms with Crippen molar-refractivity contribution in [2.45, 2.75) is 32.4 Å². The van der Waals surface area contributed by atoms with Gasteiger partial charge in [0.05, 0.1) is 0 Å². The van der Waals surface area contributed by atoms with Crippen LogP contribution in [-0.2, 0) is 6.54 Å². The monoisotopic (exact) mass is 294 g/mol. The molecule has 0 saturated carbocycles. The van der Waals surface area contributed by atoms with Crippen molar-refractivity contribution in [2.75, 3.05) is 13.1 Å². The lowest BCUT2D eigenvalue weighted by molar-refractivity contribution is 0.154. The molecule has 2 unspecified atom stereocenters. The van der Waals surface area contributed by atoms with E-state index in [-0.39, 0.29) is 0 Å². The van der Waals surface area contributed by atoms with E-state index >= 15 is 0 Å². The van der Waals surface area contributed by atoms with E-state index in [9.17, 15) is 0 Å². The van der Waals surface area contributed by atoms with Crippen LogP contribution in [0.5, 0.6) is 0 Å². The Labute approximate surface area is 134 Å². The molecule has 1 heterocycles. The maximum Gasteiger partial charge on any atom is 0.0233 e. The van der Waals surface area contributed by atoms with Gasteiger partial charge in [0.2, 0.25) is 0 Å². The molecule has 2 nitrogen and oxygen atoms in total. The average Bonchev–Trinajstić information content (AvgIpc) is 2.56. The summed E-state index contributed by atoms with van der Waals surface area (Å²) in [6.07, 6.45) is 2.55. The van der Waals surface area contributed by atoms with Gasteiger partial charge in [0, 0.05) is 19.1 Å². The van der Waals surface area contributed by atoms with Crippen LogP contribution in [0.15, 0.2) is 54.6 Å². The molecule has 0 spiro atoms. The third-order valence-electron chi connectivity index (χ3n) is 4.75. The number of likely N-dealkylation sites (tertiary alicyclic amines) is 1. The number of benzene rings is 2. The molecule has 1 aliphatic rings. The number of nitrogens with zero attached hydrogens (tertiary/aromatic N) is 1. The van der Waals surface area contributed by atoms with Gasteiger partial charge < -0.3 is 5.73 Å². The Morgan fingerprint density at radius 2 is 1.73 bits per heavy atom. The zero-order chi connectivity index (χ0) is 15.4. The van der Waals surface area contributed by atoms with Gasteiger partial charge in [-0.2, -0.15) is 0 Å². The van der Waals surface area contributed by atoms with Crippen molar-refractivity contribution in [1.82, 2.24) is 4.90 Å². The third-order valence-corrected chi connectivity index (χ3v) is 4.75. The van der Waals surface area contributed by atoms with Crippen LogP contribution in [0.1, 0.15) is 25.3 Å². The standard InChI is InChI=1S/C20H26N2/c1-16(21)20-8-5-13-22(15-20)14-17-9-11-19(12-10-17)18-6-3-2-4-7-18/h2-4,6-7,9-12,16,20H,5,8,13-15,21H2,1H3. The molecule has 116 valence electrons. The number of hydrogen-bond donors (Lipinski definition) is 1. The highest BCUT2D eigenvalue weighted by Gasteiger charge is 2.22. The maximum absolute atomic E-state index is 6.08. The van der Waals surface area contributed by atoms with E-state index in [1.807, 2.05) is 0 Å². The number of rotatable bonds is 4. The molecule has 3 rings (SSSR count). The SMILES string of the molecule is CC(N)C1CCCN(Cc2ccc(-c3ccccc3)cc2)C1. The van der Waals surface area contributed by atoms with Crippen LogP contribution in [0, 0.1) is 5.92 Å². The molecule has 0 radical (unpaired) electrons. The van der Waals surface area contributed by atoms with Crippen molar-refractivity contribution >= 4 is 0 Å². The van der Waals surface area contributed by atoms with Crippen LogP contribution in [0.25, 0.3) is 11.1 Å². The van der Waals surface area contributed by atoms with Gasteiger partial charge in [0.1, 0.15) is 0 Å². The number of hydrogen-bond acceptors (Lipinski definition) is 2. The molecule has 0 aliphatic carbocycles. The molecule has 0 bridgehead atoms. The fraction of sp³-hybridized carbons (Fsp3) is 0.400. The lowest BCUT2D eigenvalue weighted by atomic mass is 9.92. The fourth-order valence-corrected chi connectivity index (χ4v) is 3.36. The largest absolute Gasteiger partial charge is 0.328 e. The van der Waals surface area contributed by atoms with E-state index in [0.29, 0.717) is 12.0 Å². The second-order valence-corrected chi connectivity index (χ2v) is 6.56. The van der Waals surface area contributed by atoms with Crippen LogP contribution in [0.4, 0.5) is 0 Å². The first kappa shape index (κ1) is 15.3. The molecule has 0 amide bonds. The van der Waals surface area contributed by atoms with E-state index in [1.165, 1.54) is 36.1 Å². The van der Waals surface area contributed by atoms with E-state index < -0.39 is 0 Å². The van der Waals surface area contributed by atoms with Gasteiger partial charge in [-0.3, -0.25) is 4.90 Å². The van der Waals surface area contributed by atoms with Crippen LogP contribution < -0.4 is 5.73 Å². The van der Waals surface area contributed by atoms with Crippen molar-refractivity contribution in [1.29, 1.82) is 0 Å².